The lowest BCUT2D eigenvalue weighted by Crippen LogP contribution is -2.44. The average molecular weight is 711 g/mol. The number of alkyl halides is 3. The van der Waals surface area contributed by atoms with Gasteiger partial charge in [0.1, 0.15) is 40.9 Å². The number of nitrogens with zero attached hydrogens (tertiary/aromatic N) is 6. The maximum Gasteiger partial charge on any atom is 0.417 e. The summed E-state index contributed by atoms with van der Waals surface area (Å²) in [6, 6.07) is 0.802. The van der Waals surface area contributed by atoms with E-state index in [1.807, 2.05) is 29.9 Å². The van der Waals surface area contributed by atoms with Gasteiger partial charge in [0.05, 0.1) is 36.5 Å². The Bertz CT molecular complexity index is 1880. The van der Waals surface area contributed by atoms with Gasteiger partial charge >= 0.3 is 12.2 Å². The highest BCUT2D eigenvalue weighted by atomic mass is 19.4. The molecule has 1 atom stereocenters. The van der Waals surface area contributed by atoms with Crippen molar-refractivity contribution in [3.8, 4) is 23.1 Å². The Morgan fingerprint density at radius 1 is 1.10 bits per heavy atom. The molecule has 0 spiro atoms. The zero-order valence-corrected chi connectivity index (χ0v) is 28.4. The summed E-state index contributed by atoms with van der Waals surface area (Å²) < 4.78 is 117. The largest absolute Gasteiger partial charge is 0.477 e. The predicted molar refractivity (Wildman–Crippen MR) is 175 cm³/mol. The maximum atomic E-state index is 16.9. The summed E-state index contributed by atoms with van der Waals surface area (Å²) >= 11 is 0. The van der Waals surface area contributed by atoms with Crippen LogP contribution in [0.4, 0.5) is 42.2 Å². The fraction of sp³-hybridized carbons (Fsp3) is 0.529. The van der Waals surface area contributed by atoms with E-state index in [0.29, 0.717) is 32.6 Å². The first-order chi connectivity index (χ1) is 23.7. The van der Waals surface area contributed by atoms with E-state index in [1.54, 1.807) is 6.92 Å². The Morgan fingerprint density at radius 3 is 2.48 bits per heavy atom. The first-order valence-electron chi connectivity index (χ1n) is 16.6. The van der Waals surface area contributed by atoms with Crippen molar-refractivity contribution in [2.75, 3.05) is 63.2 Å². The molecule has 3 aromatic rings. The lowest BCUT2D eigenvalue weighted by molar-refractivity contribution is -0.555. The minimum atomic E-state index is -5.07. The number of anilines is 2. The lowest BCUT2D eigenvalue weighted by Gasteiger charge is -2.31. The molecule has 0 bridgehead atoms. The van der Waals surface area contributed by atoms with Crippen LogP contribution in [0, 0.1) is 18.6 Å². The Hall–Kier alpha value is -4.21. The summed E-state index contributed by atoms with van der Waals surface area (Å²) in [7, 11) is 1.33. The van der Waals surface area contributed by atoms with E-state index < -0.39 is 57.3 Å². The van der Waals surface area contributed by atoms with Gasteiger partial charge in [0, 0.05) is 24.7 Å². The number of hydrogen-bond acceptors (Lipinski definition) is 8. The molecule has 0 saturated carbocycles. The van der Waals surface area contributed by atoms with E-state index in [9.17, 15) is 22.0 Å². The van der Waals surface area contributed by atoms with Gasteiger partial charge in [-0.15, -0.1) is 0 Å². The maximum absolute atomic E-state index is 16.9. The molecule has 2 saturated heterocycles. The van der Waals surface area contributed by atoms with Crippen LogP contribution in [0.15, 0.2) is 17.7 Å². The van der Waals surface area contributed by atoms with Crippen molar-refractivity contribution >= 4 is 28.6 Å². The molecule has 6 rings (SSSR count). The second kappa shape index (κ2) is 13.5. The molecule has 270 valence electrons. The fourth-order valence-corrected chi connectivity index (χ4v) is 7.29. The smallest absolute Gasteiger partial charge is 0.417 e. The van der Waals surface area contributed by atoms with Crippen LogP contribution in [0.25, 0.3) is 22.2 Å². The van der Waals surface area contributed by atoms with Crippen molar-refractivity contribution in [1.82, 2.24) is 19.9 Å². The Morgan fingerprint density at radius 2 is 1.86 bits per heavy atom. The molecule has 5 heterocycles. The lowest BCUT2D eigenvalue weighted by atomic mass is 9.94. The Balaban J connectivity index is 1.56. The minimum Gasteiger partial charge on any atom is -0.477 e. The number of nitrogens with one attached hydrogen (secondary N) is 1. The quantitative estimate of drug-likeness (QED) is 0.192. The first kappa shape index (κ1) is 35.6. The van der Waals surface area contributed by atoms with Gasteiger partial charge < -0.3 is 19.7 Å². The molecule has 2 fully saturated rings. The van der Waals surface area contributed by atoms with Crippen molar-refractivity contribution in [2.24, 2.45) is 0 Å². The molecule has 16 heteroatoms. The van der Waals surface area contributed by atoms with Gasteiger partial charge in [-0.2, -0.15) is 31.9 Å². The van der Waals surface area contributed by atoms with Crippen LogP contribution in [-0.4, -0.2) is 95.2 Å². The highest BCUT2D eigenvalue weighted by molar-refractivity contribution is 5.97. The van der Waals surface area contributed by atoms with Crippen LogP contribution in [-0.2, 0) is 6.18 Å². The molecule has 1 unspecified atom stereocenters. The molecule has 0 radical (unpaired) electrons. The molecule has 2 aromatic heterocycles. The van der Waals surface area contributed by atoms with E-state index in [-0.39, 0.29) is 66.6 Å². The molecule has 1 N–H and O–H groups in total. The molecule has 9 nitrogen and oxygen atoms in total. The number of halogens is 7. The third kappa shape index (κ3) is 6.30. The Kier molecular flexibility index (Phi) is 9.61. The summed E-state index contributed by atoms with van der Waals surface area (Å²) in [6.07, 6.45) is -3.37. The highest BCUT2D eigenvalue weighted by Gasteiger charge is 2.48. The van der Waals surface area contributed by atoms with E-state index >= 15 is 8.78 Å². The number of fused-ring (bicyclic) bond motifs is 2. The molecule has 3 aliphatic heterocycles. The average Bonchev–Trinajstić information content (AvgIpc) is 3.63. The highest BCUT2D eigenvalue weighted by Crippen LogP contribution is 2.46. The normalized spacial score (nSPS) is 19.7. The van der Waals surface area contributed by atoms with Crippen LogP contribution in [0.5, 0.6) is 11.9 Å². The summed E-state index contributed by atoms with van der Waals surface area (Å²) in [6.45, 7) is 8.75. The van der Waals surface area contributed by atoms with Gasteiger partial charge in [-0.1, -0.05) is 0 Å². The first-order valence-corrected chi connectivity index (χ1v) is 16.6. The molecular formula is C34H39F7N7O2+. The summed E-state index contributed by atoms with van der Waals surface area (Å²) in [5.74, 6) is -2.37. The molecule has 3 aliphatic rings. The van der Waals surface area contributed by atoms with Gasteiger partial charge in [-0.3, -0.25) is 4.90 Å². The Labute approximate surface area is 284 Å². The third-order valence-electron chi connectivity index (χ3n) is 9.83. The summed E-state index contributed by atoms with van der Waals surface area (Å²) in [5, 5.41) is 2.55. The monoisotopic (exact) mass is 710 g/mol. The van der Waals surface area contributed by atoms with E-state index in [0.717, 1.165) is 19.4 Å². The van der Waals surface area contributed by atoms with Gasteiger partial charge in [0.25, 0.3) is 6.08 Å². The molecule has 0 amide bonds. The molecule has 0 aliphatic carbocycles. The third-order valence-corrected chi connectivity index (χ3v) is 9.83. The molecule has 1 aromatic carbocycles. The van der Waals surface area contributed by atoms with Crippen molar-refractivity contribution in [3.63, 3.8) is 0 Å². The second-order valence-corrected chi connectivity index (χ2v) is 13.1. The minimum absolute atomic E-state index is 0.0216. The van der Waals surface area contributed by atoms with Crippen molar-refractivity contribution in [1.29, 1.82) is 0 Å². The van der Waals surface area contributed by atoms with Gasteiger partial charge in [0.2, 0.25) is 5.88 Å². The summed E-state index contributed by atoms with van der Waals surface area (Å²) in [4.78, 5) is 17.1. The van der Waals surface area contributed by atoms with E-state index in [4.69, 9.17) is 9.47 Å². The van der Waals surface area contributed by atoms with Gasteiger partial charge in [-0.25, -0.2) is 18.3 Å². The number of ether oxygens (including phenoxy) is 2. The zero-order valence-electron chi connectivity index (χ0n) is 28.4. The fourth-order valence-electron chi connectivity index (χ4n) is 7.29. The van der Waals surface area contributed by atoms with Gasteiger partial charge in [0.15, 0.2) is 18.6 Å². The van der Waals surface area contributed by atoms with E-state index in [2.05, 4.69) is 24.8 Å². The van der Waals surface area contributed by atoms with Crippen LogP contribution < -0.4 is 19.7 Å². The van der Waals surface area contributed by atoms with Crippen molar-refractivity contribution < 1.29 is 44.8 Å². The van der Waals surface area contributed by atoms with Crippen LogP contribution in [0.2, 0.25) is 0 Å². The molecular weight excluding hydrogens is 671 g/mol. The zero-order chi connectivity index (χ0) is 36.1. The van der Waals surface area contributed by atoms with Crippen molar-refractivity contribution in [2.45, 2.75) is 64.7 Å². The van der Waals surface area contributed by atoms with E-state index in [1.165, 1.54) is 7.05 Å². The van der Waals surface area contributed by atoms with Crippen molar-refractivity contribution in [3.05, 3.63) is 40.5 Å². The summed E-state index contributed by atoms with van der Waals surface area (Å²) in [5.41, 5.74) is -4.97. The molecule has 50 heavy (non-hydrogen) atoms. The van der Waals surface area contributed by atoms with Crippen LogP contribution in [0.1, 0.15) is 51.2 Å². The predicted octanol–water partition coefficient (Wildman–Crippen LogP) is 6.82. The van der Waals surface area contributed by atoms with Gasteiger partial charge in [-0.05, 0) is 65.1 Å². The number of benzene rings is 1. The number of hydrogen-bond donors (Lipinski definition) is 1. The van der Waals surface area contributed by atoms with Crippen LogP contribution >= 0.6 is 0 Å². The standard InChI is InChI=1S/C34H39F7N7O2/c1-6-49-31-23-28(26(36)27(43-31)21-14-22(42-5)25(35)19(4)24(21)34(39,40)41)44-32(45-30(23)47-12-10-46(11-13-47)18(2)3)50-17-33-8-7-9-48(33)16-20(15-33)29(37)38/h10,14,18,42H,6-9,11-13,15-17H2,1-5H3/q+1. The SMILES string of the molecule is CCOc1nc(-c2cc(NC)c(F)c(C)c2C(F)(F)F)c(F)c2nc(OCC34CCCN3CC(=C(F)F)C4)nc(N3CC=[N+](C(C)C)CC3)c12. The topological polar surface area (TPSA) is 78.7 Å². The number of pyridine rings is 1. The number of rotatable bonds is 9. The second-order valence-electron chi connectivity index (χ2n) is 13.1. The van der Waals surface area contributed by atoms with Crippen LogP contribution in [0.3, 0.4) is 0 Å². The number of aromatic nitrogens is 3.